The highest BCUT2D eigenvalue weighted by atomic mass is 19.1. The molecule has 1 atom stereocenters. The van der Waals surface area contributed by atoms with Crippen LogP contribution in [-0.4, -0.2) is 71.2 Å². The van der Waals surface area contributed by atoms with Crippen LogP contribution in [0.5, 0.6) is 0 Å². The number of nitrogens with zero attached hydrogens (tertiary/aromatic N) is 3. The first-order chi connectivity index (χ1) is 17.2. The van der Waals surface area contributed by atoms with Crippen LogP contribution in [0, 0.1) is 29.0 Å². The van der Waals surface area contributed by atoms with E-state index < -0.39 is 23.3 Å². The third-order valence-corrected chi connectivity index (χ3v) is 9.40. The van der Waals surface area contributed by atoms with E-state index in [2.05, 4.69) is 5.32 Å². The number of carbonyl (C=O) groups excluding carboxylic acids is 4. The quantitative estimate of drug-likeness (QED) is 0.649. The Hall–Kier alpha value is -2.97. The van der Waals surface area contributed by atoms with Gasteiger partial charge in [-0.2, -0.15) is 0 Å². The Morgan fingerprint density at radius 2 is 1.44 bits per heavy atom. The van der Waals surface area contributed by atoms with Gasteiger partial charge in [-0.3, -0.25) is 19.3 Å². The summed E-state index contributed by atoms with van der Waals surface area (Å²) in [6.45, 7) is 2.97. The molecule has 2 aliphatic heterocycles. The van der Waals surface area contributed by atoms with Crippen LogP contribution < -0.4 is 5.32 Å². The number of piperazine rings is 1. The molecule has 8 nitrogen and oxygen atoms in total. The van der Waals surface area contributed by atoms with E-state index in [0.29, 0.717) is 49.5 Å². The molecule has 6 fully saturated rings. The predicted octanol–water partition coefficient (Wildman–Crippen LogP) is 2.48. The molecule has 0 spiro atoms. The molecule has 192 valence electrons. The zero-order valence-electron chi connectivity index (χ0n) is 20.7. The standard InChI is InChI=1S/C27H33FN4O4/c1-26(20-2-4-21(28)5-3-20)23(34)32(25(36)29-26)16-22(33)30-6-8-31(9-7-30)24(35)27-13-17-10-18(14-27)12-19(11-17)15-27/h2-5,17-19H,6-16H2,1H3,(H,29,36). The van der Waals surface area contributed by atoms with Crippen LogP contribution in [-0.2, 0) is 19.9 Å². The molecule has 1 aromatic rings. The highest BCUT2D eigenvalue weighted by molar-refractivity contribution is 6.09. The van der Waals surface area contributed by atoms with Crippen LogP contribution in [0.1, 0.15) is 51.0 Å². The summed E-state index contributed by atoms with van der Waals surface area (Å²) >= 11 is 0. The van der Waals surface area contributed by atoms with Gasteiger partial charge in [0.2, 0.25) is 11.8 Å². The molecule has 6 aliphatic rings. The fourth-order valence-electron chi connectivity index (χ4n) is 7.92. The van der Waals surface area contributed by atoms with E-state index in [1.807, 2.05) is 4.90 Å². The van der Waals surface area contributed by atoms with Crippen LogP contribution in [0.4, 0.5) is 9.18 Å². The molecule has 2 saturated heterocycles. The summed E-state index contributed by atoms with van der Waals surface area (Å²) in [7, 11) is 0. The van der Waals surface area contributed by atoms with E-state index >= 15 is 0 Å². The Morgan fingerprint density at radius 3 is 2.00 bits per heavy atom. The van der Waals surface area contributed by atoms with Gasteiger partial charge in [0.25, 0.3) is 5.91 Å². The fraction of sp³-hybridized carbons (Fsp3) is 0.630. The number of carbonyl (C=O) groups is 4. The van der Waals surface area contributed by atoms with Crippen LogP contribution >= 0.6 is 0 Å². The van der Waals surface area contributed by atoms with E-state index in [1.165, 1.54) is 43.5 Å². The molecule has 4 aliphatic carbocycles. The Bertz CT molecular complexity index is 1080. The van der Waals surface area contributed by atoms with Gasteiger partial charge in [0, 0.05) is 26.2 Å². The molecular formula is C27H33FN4O4. The molecule has 9 heteroatoms. The van der Waals surface area contributed by atoms with Crippen molar-refractivity contribution < 1.29 is 23.6 Å². The predicted molar refractivity (Wildman–Crippen MR) is 128 cm³/mol. The van der Waals surface area contributed by atoms with Crippen molar-refractivity contribution >= 4 is 23.8 Å². The summed E-state index contributed by atoms with van der Waals surface area (Å²) in [5.74, 6) is 1.09. The number of nitrogens with one attached hydrogen (secondary N) is 1. The van der Waals surface area contributed by atoms with Crippen LogP contribution in [0.25, 0.3) is 0 Å². The van der Waals surface area contributed by atoms with Gasteiger partial charge in [0.15, 0.2) is 0 Å². The van der Waals surface area contributed by atoms with Gasteiger partial charge in [-0.05, 0) is 80.9 Å². The van der Waals surface area contributed by atoms with E-state index in [0.717, 1.165) is 24.2 Å². The van der Waals surface area contributed by atoms with Crippen molar-refractivity contribution in [1.82, 2.24) is 20.0 Å². The van der Waals surface area contributed by atoms with Gasteiger partial charge in [0.1, 0.15) is 17.9 Å². The fourth-order valence-corrected chi connectivity index (χ4v) is 7.92. The number of rotatable bonds is 4. The lowest BCUT2D eigenvalue weighted by atomic mass is 9.49. The van der Waals surface area contributed by atoms with Crippen molar-refractivity contribution in [3.05, 3.63) is 35.6 Å². The maximum absolute atomic E-state index is 13.6. The summed E-state index contributed by atoms with van der Waals surface area (Å²) in [6, 6.07) is 4.74. The summed E-state index contributed by atoms with van der Waals surface area (Å²) in [5, 5.41) is 2.65. The molecular weight excluding hydrogens is 463 g/mol. The van der Waals surface area contributed by atoms with Gasteiger partial charge in [0.05, 0.1) is 5.41 Å². The van der Waals surface area contributed by atoms with E-state index in [9.17, 15) is 23.6 Å². The largest absolute Gasteiger partial charge is 0.339 e. The Labute approximate surface area is 210 Å². The van der Waals surface area contributed by atoms with Crippen molar-refractivity contribution in [2.75, 3.05) is 32.7 Å². The molecule has 1 unspecified atom stereocenters. The first-order valence-electron chi connectivity index (χ1n) is 13.1. The number of urea groups is 1. The smallest absolute Gasteiger partial charge is 0.325 e. The molecule has 0 aromatic heterocycles. The lowest BCUT2D eigenvalue weighted by Crippen LogP contribution is -2.59. The van der Waals surface area contributed by atoms with Crippen LogP contribution in [0.2, 0.25) is 0 Å². The third-order valence-electron chi connectivity index (χ3n) is 9.40. The number of hydrogen-bond donors (Lipinski definition) is 1. The minimum absolute atomic E-state index is 0.189. The van der Waals surface area contributed by atoms with Crippen LogP contribution in [0.15, 0.2) is 24.3 Å². The van der Waals surface area contributed by atoms with E-state index in [4.69, 9.17) is 0 Å². The molecule has 7 rings (SSSR count). The molecule has 0 radical (unpaired) electrons. The minimum atomic E-state index is -1.35. The summed E-state index contributed by atoms with van der Waals surface area (Å²) < 4.78 is 13.3. The van der Waals surface area contributed by atoms with Crippen molar-refractivity contribution in [2.24, 2.45) is 23.2 Å². The van der Waals surface area contributed by atoms with Gasteiger partial charge < -0.3 is 15.1 Å². The molecule has 2 heterocycles. The number of benzene rings is 1. The normalized spacial score (nSPS) is 35.4. The molecule has 5 amide bonds. The minimum Gasteiger partial charge on any atom is -0.339 e. The van der Waals surface area contributed by atoms with Crippen molar-refractivity contribution in [3.63, 3.8) is 0 Å². The summed E-state index contributed by atoms with van der Waals surface area (Å²) in [5.41, 5.74) is -1.09. The maximum atomic E-state index is 13.6. The first kappa shape index (κ1) is 23.4. The third kappa shape index (κ3) is 3.69. The molecule has 36 heavy (non-hydrogen) atoms. The number of halogens is 1. The second-order valence-corrected chi connectivity index (χ2v) is 11.8. The van der Waals surface area contributed by atoms with Crippen molar-refractivity contribution in [3.8, 4) is 0 Å². The lowest BCUT2D eigenvalue weighted by Gasteiger charge is -2.57. The van der Waals surface area contributed by atoms with Crippen LogP contribution in [0.3, 0.4) is 0 Å². The highest BCUT2D eigenvalue weighted by Gasteiger charge is 2.56. The highest BCUT2D eigenvalue weighted by Crippen LogP contribution is 2.60. The second-order valence-electron chi connectivity index (χ2n) is 11.8. The molecule has 1 N–H and O–H groups in total. The molecule has 4 bridgehead atoms. The zero-order valence-corrected chi connectivity index (χ0v) is 20.7. The Morgan fingerprint density at radius 1 is 0.917 bits per heavy atom. The first-order valence-corrected chi connectivity index (χ1v) is 13.1. The van der Waals surface area contributed by atoms with Gasteiger partial charge >= 0.3 is 6.03 Å². The monoisotopic (exact) mass is 496 g/mol. The summed E-state index contributed by atoms with van der Waals surface area (Å²) in [4.78, 5) is 56.9. The average molecular weight is 497 g/mol. The van der Waals surface area contributed by atoms with E-state index in [1.54, 1.807) is 11.8 Å². The topological polar surface area (TPSA) is 90.0 Å². The van der Waals surface area contributed by atoms with Gasteiger partial charge in [-0.25, -0.2) is 9.18 Å². The number of hydrogen-bond acceptors (Lipinski definition) is 4. The zero-order chi connectivity index (χ0) is 25.2. The SMILES string of the molecule is CC1(c2ccc(F)cc2)NC(=O)N(CC(=O)N2CCN(C(=O)C34CC5CC(CC(C5)C3)C4)CC2)C1=O. The Kier molecular flexibility index (Phi) is 5.39. The molecule has 4 saturated carbocycles. The van der Waals surface area contributed by atoms with Gasteiger partial charge in [-0.1, -0.05) is 12.1 Å². The van der Waals surface area contributed by atoms with Crippen molar-refractivity contribution in [1.29, 1.82) is 0 Å². The number of amides is 5. The Balaban J connectivity index is 1.07. The average Bonchev–Trinajstić information content (AvgIpc) is 3.07. The van der Waals surface area contributed by atoms with Gasteiger partial charge in [-0.15, -0.1) is 0 Å². The summed E-state index contributed by atoms with van der Waals surface area (Å²) in [6.07, 6.45) is 6.94. The molecule has 1 aromatic carbocycles. The lowest BCUT2D eigenvalue weighted by molar-refractivity contribution is -0.160. The maximum Gasteiger partial charge on any atom is 0.325 e. The van der Waals surface area contributed by atoms with E-state index in [-0.39, 0.29) is 23.8 Å². The second kappa shape index (κ2) is 8.28. The number of imide groups is 1. The van der Waals surface area contributed by atoms with Crippen molar-refractivity contribution in [2.45, 2.75) is 51.0 Å².